The van der Waals surface area contributed by atoms with Crippen LogP contribution in [0.25, 0.3) is 0 Å². The summed E-state index contributed by atoms with van der Waals surface area (Å²) in [5.41, 5.74) is -0.574. The van der Waals surface area contributed by atoms with E-state index >= 15 is 0 Å². The summed E-state index contributed by atoms with van der Waals surface area (Å²) >= 11 is 0. The zero-order valence-electron chi connectivity index (χ0n) is 20.3. The van der Waals surface area contributed by atoms with Gasteiger partial charge in [-0.25, -0.2) is 0 Å². The van der Waals surface area contributed by atoms with E-state index in [4.69, 9.17) is 14.2 Å². The Morgan fingerprint density at radius 1 is 1.09 bits per heavy atom. The predicted molar refractivity (Wildman–Crippen MR) is 126 cm³/mol. The summed E-state index contributed by atoms with van der Waals surface area (Å²) in [7, 11) is 3.60. The second-order valence-corrected chi connectivity index (χ2v) is 9.41. The average Bonchev–Trinajstić information content (AvgIpc) is 2.86. The van der Waals surface area contributed by atoms with Gasteiger partial charge in [-0.2, -0.15) is 0 Å². The molecular formula is C25H38N2O7. The second kappa shape index (κ2) is 12.4. The van der Waals surface area contributed by atoms with E-state index in [1.807, 2.05) is 7.05 Å². The van der Waals surface area contributed by atoms with Gasteiger partial charge < -0.3 is 34.2 Å². The van der Waals surface area contributed by atoms with E-state index in [1.54, 1.807) is 36.3 Å². The quantitative estimate of drug-likeness (QED) is 0.626. The molecule has 2 heterocycles. The lowest BCUT2D eigenvalue weighted by Gasteiger charge is -2.39. The van der Waals surface area contributed by atoms with Gasteiger partial charge in [0, 0.05) is 19.2 Å². The van der Waals surface area contributed by atoms with Crippen molar-refractivity contribution >= 4 is 11.9 Å². The van der Waals surface area contributed by atoms with Crippen LogP contribution in [0.15, 0.2) is 24.3 Å². The third-order valence-electron chi connectivity index (χ3n) is 6.99. The van der Waals surface area contributed by atoms with Crippen molar-refractivity contribution < 1.29 is 34.0 Å². The molecule has 0 unspecified atom stereocenters. The van der Waals surface area contributed by atoms with Crippen LogP contribution in [0.5, 0.6) is 11.5 Å². The van der Waals surface area contributed by atoms with E-state index in [-0.39, 0.29) is 38.1 Å². The summed E-state index contributed by atoms with van der Waals surface area (Å²) < 4.78 is 16.3. The Labute approximate surface area is 201 Å². The van der Waals surface area contributed by atoms with Crippen LogP contribution in [0.2, 0.25) is 0 Å². The number of cyclic esters (lactones) is 1. The second-order valence-electron chi connectivity index (χ2n) is 9.41. The van der Waals surface area contributed by atoms with Crippen molar-refractivity contribution in [3.63, 3.8) is 0 Å². The fourth-order valence-electron chi connectivity index (χ4n) is 4.56. The number of methoxy groups -OCH3 is 1. The van der Waals surface area contributed by atoms with Crippen molar-refractivity contribution in [2.75, 3.05) is 53.6 Å². The van der Waals surface area contributed by atoms with E-state index in [1.165, 1.54) is 0 Å². The van der Waals surface area contributed by atoms with Gasteiger partial charge in [0.1, 0.15) is 24.2 Å². The van der Waals surface area contributed by atoms with Crippen LogP contribution >= 0.6 is 0 Å². The maximum atomic E-state index is 13.0. The summed E-state index contributed by atoms with van der Waals surface area (Å²) in [5, 5.41) is 20.7. The van der Waals surface area contributed by atoms with Gasteiger partial charge in [0.25, 0.3) is 5.91 Å². The highest BCUT2D eigenvalue weighted by atomic mass is 16.5. The summed E-state index contributed by atoms with van der Waals surface area (Å²) in [4.78, 5) is 29.8. The van der Waals surface area contributed by atoms with Crippen LogP contribution in [-0.2, 0) is 14.3 Å². The molecule has 9 heteroatoms. The van der Waals surface area contributed by atoms with Crippen LogP contribution < -0.4 is 9.47 Å². The Hall–Kier alpha value is -2.36. The van der Waals surface area contributed by atoms with Gasteiger partial charge in [0.15, 0.2) is 6.61 Å². The summed E-state index contributed by atoms with van der Waals surface area (Å²) in [6.45, 7) is 2.02. The number of carbonyl (C=O) groups excluding carboxylic acids is 2. The smallest absolute Gasteiger partial charge is 0.312 e. The first-order valence-corrected chi connectivity index (χ1v) is 12.1. The highest BCUT2D eigenvalue weighted by Crippen LogP contribution is 2.38. The number of piperidine rings is 1. The van der Waals surface area contributed by atoms with Crippen molar-refractivity contribution in [3.8, 4) is 11.5 Å². The van der Waals surface area contributed by atoms with Gasteiger partial charge in [0.2, 0.25) is 0 Å². The van der Waals surface area contributed by atoms with Gasteiger partial charge in [0.05, 0.1) is 18.6 Å². The molecule has 2 saturated heterocycles. The van der Waals surface area contributed by atoms with E-state index in [0.717, 1.165) is 25.9 Å². The number of hydrogen-bond acceptors (Lipinski definition) is 8. The molecule has 2 atom stereocenters. The van der Waals surface area contributed by atoms with E-state index in [9.17, 15) is 19.8 Å². The average molecular weight is 479 g/mol. The van der Waals surface area contributed by atoms with Gasteiger partial charge in [-0.3, -0.25) is 9.59 Å². The zero-order chi connectivity index (χ0) is 24.6. The molecule has 2 fully saturated rings. The van der Waals surface area contributed by atoms with Gasteiger partial charge in [-0.05, 0) is 64.4 Å². The molecule has 1 spiro atoms. The molecule has 2 N–H and O–H groups in total. The molecule has 1 aromatic carbocycles. The number of likely N-dealkylation sites (tertiary alicyclic amines) is 1. The summed E-state index contributed by atoms with van der Waals surface area (Å²) in [6, 6.07) is 7.06. The Morgan fingerprint density at radius 3 is 2.56 bits per heavy atom. The van der Waals surface area contributed by atoms with Crippen molar-refractivity contribution in [2.24, 2.45) is 5.41 Å². The maximum absolute atomic E-state index is 13.0. The number of ether oxygens (including phenoxy) is 3. The highest BCUT2D eigenvalue weighted by Gasteiger charge is 2.42. The van der Waals surface area contributed by atoms with Gasteiger partial charge in [-0.1, -0.05) is 12.5 Å². The minimum absolute atomic E-state index is 0.135. The first kappa shape index (κ1) is 26.2. The molecule has 2 aliphatic rings. The normalized spacial score (nSPS) is 24.9. The van der Waals surface area contributed by atoms with Crippen molar-refractivity contribution in [1.82, 2.24) is 9.80 Å². The largest absolute Gasteiger partial charge is 0.497 e. The van der Waals surface area contributed by atoms with E-state index in [2.05, 4.69) is 4.90 Å². The molecule has 0 saturated carbocycles. The fraction of sp³-hybridized carbons (Fsp3) is 0.680. The Balaban J connectivity index is 1.64. The fourth-order valence-corrected chi connectivity index (χ4v) is 4.56. The third kappa shape index (κ3) is 7.07. The third-order valence-corrected chi connectivity index (χ3v) is 6.99. The number of esters is 1. The first-order valence-electron chi connectivity index (χ1n) is 12.1. The first-order chi connectivity index (χ1) is 16.3. The van der Waals surface area contributed by atoms with Crippen LogP contribution in [0.3, 0.4) is 0 Å². The van der Waals surface area contributed by atoms with Crippen molar-refractivity contribution in [3.05, 3.63) is 24.3 Å². The molecule has 190 valence electrons. The number of aliphatic hydroxyl groups is 2. The van der Waals surface area contributed by atoms with E-state index in [0.29, 0.717) is 37.3 Å². The molecular weight excluding hydrogens is 440 g/mol. The monoisotopic (exact) mass is 478 g/mol. The SMILES string of the molecule is COc1cccc(OCC(=O)N2CCCCC3(CCN(C)CC3)C(=O)OC[C@@H](O)[C@@H](O)CC2)c1. The number of amides is 1. The standard InChI is InChI=1S/C25H38N2O7/c1-26-14-10-25(11-15-26)9-3-4-12-27(13-8-21(28)22(29)17-34-24(25)31)23(30)18-33-20-7-5-6-19(16-20)32-2/h5-7,16,21-22,28-29H,3-4,8-15,17-18H2,1-2H3/t21-,22+/m0/s1. The minimum Gasteiger partial charge on any atom is -0.497 e. The lowest BCUT2D eigenvalue weighted by atomic mass is 9.74. The molecule has 3 rings (SSSR count). The summed E-state index contributed by atoms with van der Waals surface area (Å²) in [6.07, 6.45) is 1.49. The zero-order valence-corrected chi connectivity index (χ0v) is 20.3. The Kier molecular flexibility index (Phi) is 9.55. The predicted octanol–water partition coefficient (Wildman–Crippen LogP) is 1.45. The Morgan fingerprint density at radius 2 is 1.82 bits per heavy atom. The maximum Gasteiger partial charge on any atom is 0.312 e. The topological polar surface area (TPSA) is 109 Å². The molecule has 0 aliphatic carbocycles. The molecule has 1 aromatic rings. The molecule has 34 heavy (non-hydrogen) atoms. The molecule has 1 amide bonds. The number of benzene rings is 1. The molecule has 0 radical (unpaired) electrons. The molecule has 0 bridgehead atoms. The van der Waals surface area contributed by atoms with Crippen LogP contribution in [0, 0.1) is 5.41 Å². The van der Waals surface area contributed by atoms with Gasteiger partial charge >= 0.3 is 5.97 Å². The number of aliphatic hydroxyl groups excluding tert-OH is 2. The van der Waals surface area contributed by atoms with Crippen LogP contribution in [0.1, 0.15) is 38.5 Å². The van der Waals surface area contributed by atoms with Gasteiger partial charge in [-0.15, -0.1) is 0 Å². The van der Waals surface area contributed by atoms with E-state index < -0.39 is 17.6 Å². The van der Waals surface area contributed by atoms with Crippen molar-refractivity contribution in [2.45, 2.75) is 50.7 Å². The number of carbonyl (C=O) groups is 2. The lowest BCUT2D eigenvalue weighted by Crippen LogP contribution is -2.45. The van der Waals surface area contributed by atoms with Crippen LogP contribution in [-0.4, -0.2) is 97.6 Å². The number of hydrogen-bond donors (Lipinski definition) is 2. The number of rotatable bonds is 4. The Bertz CT molecular complexity index is 810. The molecule has 9 nitrogen and oxygen atoms in total. The van der Waals surface area contributed by atoms with Crippen LogP contribution in [0.4, 0.5) is 0 Å². The van der Waals surface area contributed by atoms with Crippen molar-refractivity contribution in [1.29, 1.82) is 0 Å². The summed E-state index contributed by atoms with van der Waals surface area (Å²) in [5.74, 6) is 0.698. The highest BCUT2D eigenvalue weighted by molar-refractivity contribution is 5.78. The molecule has 0 aromatic heterocycles. The lowest BCUT2D eigenvalue weighted by molar-refractivity contribution is -0.164. The molecule has 2 aliphatic heterocycles. The number of nitrogens with zero attached hydrogens (tertiary/aromatic N) is 2. The minimum atomic E-state index is -1.20.